The zero-order chi connectivity index (χ0) is 19.7. The average Bonchev–Trinajstić information content (AvgIpc) is 3.32. The van der Waals surface area contributed by atoms with Crippen molar-refractivity contribution in [1.29, 1.82) is 0 Å². The molecule has 4 rings (SSSR count). The van der Waals surface area contributed by atoms with Crippen molar-refractivity contribution in [3.05, 3.63) is 82.2 Å². The van der Waals surface area contributed by atoms with Crippen LogP contribution < -0.4 is 4.90 Å². The summed E-state index contributed by atoms with van der Waals surface area (Å²) < 4.78 is 44.1. The van der Waals surface area contributed by atoms with Crippen molar-refractivity contribution in [2.75, 3.05) is 11.4 Å². The predicted octanol–water partition coefficient (Wildman–Crippen LogP) is 6.28. The molecular weight excluding hydrogens is 389 g/mol. The molecule has 0 spiro atoms. The van der Waals surface area contributed by atoms with Gasteiger partial charge in [0.05, 0.1) is 17.8 Å². The lowest BCUT2D eigenvalue weighted by atomic mass is 10.0. The van der Waals surface area contributed by atoms with Gasteiger partial charge in [-0.05, 0) is 54.8 Å². The Hall–Kier alpha value is -2.47. The molecule has 146 valence electrons. The Balaban J connectivity index is 1.57. The van der Waals surface area contributed by atoms with Crippen LogP contribution in [0.4, 0.5) is 18.9 Å². The van der Waals surface area contributed by atoms with Gasteiger partial charge in [-0.15, -0.1) is 0 Å². The number of halogens is 4. The Bertz CT molecular complexity index is 936. The second kappa shape index (κ2) is 7.51. The maximum Gasteiger partial charge on any atom is 0.416 e. The molecule has 3 nitrogen and oxygen atoms in total. The lowest BCUT2D eigenvalue weighted by Gasteiger charge is -2.26. The number of benzene rings is 2. The van der Waals surface area contributed by atoms with Crippen molar-refractivity contribution < 1.29 is 17.7 Å². The van der Waals surface area contributed by atoms with Crippen molar-refractivity contribution in [3.8, 4) is 0 Å². The van der Waals surface area contributed by atoms with Crippen LogP contribution in [0, 0.1) is 0 Å². The van der Waals surface area contributed by atoms with Gasteiger partial charge in [-0.2, -0.15) is 13.2 Å². The Labute approximate surface area is 165 Å². The van der Waals surface area contributed by atoms with Gasteiger partial charge >= 0.3 is 6.18 Å². The first-order chi connectivity index (χ1) is 13.4. The minimum absolute atomic E-state index is 0.0402. The fourth-order valence-electron chi connectivity index (χ4n) is 3.69. The first-order valence-electron chi connectivity index (χ1n) is 9.03. The Morgan fingerprint density at radius 3 is 2.46 bits per heavy atom. The fourth-order valence-corrected chi connectivity index (χ4v) is 3.81. The van der Waals surface area contributed by atoms with Gasteiger partial charge < -0.3 is 9.42 Å². The highest BCUT2D eigenvalue weighted by atomic mass is 35.5. The van der Waals surface area contributed by atoms with Crippen LogP contribution in [0.5, 0.6) is 0 Å². The standard InChI is InChI=1S/C21H18ClF3N2O/c22-17-7-3-14(4-8-17)12-15-13-26-28-20(15)19-2-1-11-27(19)18-9-5-16(6-10-18)21(23,24)25/h3-10,13,19H,1-2,11-12H2/t19-/m1/s1. The molecule has 7 heteroatoms. The average molecular weight is 407 g/mol. The summed E-state index contributed by atoms with van der Waals surface area (Å²) in [7, 11) is 0. The zero-order valence-corrected chi connectivity index (χ0v) is 15.7. The summed E-state index contributed by atoms with van der Waals surface area (Å²) in [5.74, 6) is 0.771. The van der Waals surface area contributed by atoms with E-state index in [1.807, 2.05) is 24.3 Å². The molecule has 0 saturated carbocycles. The molecule has 28 heavy (non-hydrogen) atoms. The molecule has 2 aromatic carbocycles. The molecule has 1 aliphatic heterocycles. The van der Waals surface area contributed by atoms with E-state index in [4.69, 9.17) is 16.1 Å². The molecule has 0 aliphatic carbocycles. The lowest BCUT2D eigenvalue weighted by molar-refractivity contribution is -0.137. The zero-order valence-electron chi connectivity index (χ0n) is 14.9. The second-order valence-corrected chi connectivity index (χ2v) is 7.35. The van der Waals surface area contributed by atoms with E-state index in [9.17, 15) is 13.2 Å². The summed E-state index contributed by atoms with van der Waals surface area (Å²) in [6, 6.07) is 12.9. The SMILES string of the molecule is FC(F)(F)c1ccc(N2CCC[C@@H]2c2oncc2Cc2ccc(Cl)cc2)cc1. The van der Waals surface area contributed by atoms with Crippen LogP contribution in [-0.4, -0.2) is 11.7 Å². The van der Waals surface area contributed by atoms with Gasteiger partial charge in [0.25, 0.3) is 0 Å². The molecule has 1 aromatic heterocycles. The Kier molecular flexibility index (Phi) is 5.06. The maximum absolute atomic E-state index is 12.8. The summed E-state index contributed by atoms with van der Waals surface area (Å²) in [5.41, 5.74) is 2.18. The largest absolute Gasteiger partial charge is 0.416 e. The number of nitrogens with zero attached hydrogens (tertiary/aromatic N) is 2. The molecular formula is C21H18ClF3N2O. The van der Waals surface area contributed by atoms with E-state index in [0.717, 1.165) is 54.1 Å². The summed E-state index contributed by atoms with van der Waals surface area (Å²) in [5, 5.41) is 4.66. The van der Waals surface area contributed by atoms with Crippen LogP contribution in [-0.2, 0) is 12.6 Å². The molecule has 1 fully saturated rings. The van der Waals surface area contributed by atoms with Gasteiger partial charge in [0.15, 0.2) is 5.76 Å². The minimum Gasteiger partial charge on any atom is -0.361 e. The van der Waals surface area contributed by atoms with E-state index in [-0.39, 0.29) is 6.04 Å². The lowest BCUT2D eigenvalue weighted by Crippen LogP contribution is -2.23. The van der Waals surface area contributed by atoms with Crippen molar-refractivity contribution in [2.24, 2.45) is 0 Å². The molecule has 1 aliphatic rings. The molecule has 0 N–H and O–H groups in total. The number of anilines is 1. The molecule has 1 saturated heterocycles. The van der Waals surface area contributed by atoms with Crippen LogP contribution in [0.2, 0.25) is 5.02 Å². The van der Waals surface area contributed by atoms with Crippen LogP contribution in [0.3, 0.4) is 0 Å². The van der Waals surface area contributed by atoms with Gasteiger partial charge in [-0.1, -0.05) is 28.9 Å². The Morgan fingerprint density at radius 1 is 1.07 bits per heavy atom. The van der Waals surface area contributed by atoms with Crippen molar-refractivity contribution >= 4 is 17.3 Å². The van der Waals surface area contributed by atoms with Gasteiger partial charge in [0, 0.05) is 29.2 Å². The summed E-state index contributed by atoms with van der Waals surface area (Å²) in [6.07, 6.45) is -0.156. The van der Waals surface area contributed by atoms with Gasteiger partial charge in [-0.25, -0.2) is 0 Å². The highest BCUT2D eigenvalue weighted by Crippen LogP contribution is 2.39. The van der Waals surface area contributed by atoms with Gasteiger partial charge in [0.2, 0.25) is 0 Å². The van der Waals surface area contributed by atoms with E-state index < -0.39 is 11.7 Å². The Morgan fingerprint density at radius 2 is 1.79 bits per heavy atom. The highest BCUT2D eigenvalue weighted by molar-refractivity contribution is 6.30. The number of rotatable bonds is 4. The molecule has 1 atom stereocenters. The second-order valence-electron chi connectivity index (χ2n) is 6.91. The smallest absolute Gasteiger partial charge is 0.361 e. The summed E-state index contributed by atoms with van der Waals surface area (Å²) in [6.45, 7) is 0.761. The third-order valence-corrected chi connectivity index (χ3v) is 5.32. The topological polar surface area (TPSA) is 29.3 Å². The highest BCUT2D eigenvalue weighted by Gasteiger charge is 2.33. The summed E-state index contributed by atoms with van der Waals surface area (Å²) in [4.78, 5) is 2.09. The first-order valence-corrected chi connectivity index (χ1v) is 9.41. The molecule has 0 amide bonds. The third-order valence-electron chi connectivity index (χ3n) is 5.07. The van der Waals surface area contributed by atoms with Crippen LogP contribution in [0.25, 0.3) is 0 Å². The van der Waals surface area contributed by atoms with Crippen LogP contribution in [0.15, 0.2) is 59.3 Å². The normalized spacial score (nSPS) is 17.3. The molecule has 3 aromatic rings. The van der Waals surface area contributed by atoms with Crippen LogP contribution >= 0.6 is 11.6 Å². The van der Waals surface area contributed by atoms with E-state index in [2.05, 4.69) is 10.1 Å². The first kappa shape index (κ1) is 18.9. The maximum atomic E-state index is 12.8. The van der Waals surface area contributed by atoms with Crippen molar-refractivity contribution in [3.63, 3.8) is 0 Å². The number of alkyl halides is 3. The molecule has 0 radical (unpaired) electrons. The van der Waals surface area contributed by atoms with Gasteiger partial charge in [-0.3, -0.25) is 0 Å². The van der Waals surface area contributed by atoms with Crippen molar-refractivity contribution in [1.82, 2.24) is 5.16 Å². The number of hydrogen-bond acceptors (Lipinski definition) is 3. The van der Waals surface area contributed by atoms with Crippen molar-refractivity contribution in [2.45, 2.75) is 31.5 Å². The van der Waals surface area contributed by atoms with E-state index in [1.165, 1.54) is 12.1 Å². The fraction of sp³-hybridized carbons (Fsp3) is 0.286. The third kappa shape index (κ3) is 3.87. The van der Waals surface area contributed by atoms with Gasteiger partial charge in [0.1, 0.15) is 0 Å². The predicted molar refractivity (Wildman–Crippen MR) is 102 cm³/mol. The number of aromatic nitrogens is 1. The summed E-state index contributed by atoms with van der Waals surface area (Å²) >= 11 is 5.95. The monoisotopic (exact) mass is 406 g/mol. The molecule has 0 bridgehead atoms. The number of hydrogen-bond donors (Lipinski definition) is 0. The minimum atomic E-state index is -4.33. The van der Waals surface area contributed by atoms with E-state index >= 15 is 0 Å². The van der Waals surface area contributed by atoms with E-state index in [1.54, 1.807) is 6.20 Å². The quantitative estimate of drug-likeness (QED) is 0.510. The molecule has 2 heterocycles. The van der Waals surface area contributed by atoms with E-state index in [0.29, 0.717) is 11.4 Å². The molecule has 0 unspecified atom stereocenters. The van der Waals surface area contributed by atoms with Crippen LogP contribution in [0.1, 0.15) is 41.3 Å².